The van der Waals surface area contributed by atoms with E-state index in [4.69, 9.17) is 39.3 Å². The summed E-state index contributed by atoms with van der Waals surface area (Å²) < 4.78 is 38.8. The fraction of sp³-hybridized carbons (Fsp3) is 0.767. The van der Waals surface area contributed by atoms with Crippen LogP contribution in [0, 0.1) is 0 Å². The predicted molar refractivity (Wildman–Crippen MR) is 167 cm³/mol. The number of amides is 1. The average molecular weight is 628 g/mol. The number of rotatable bonds is 12. The van der Waals surface area contributed by atoms with Gasteiger partial charge < -0.3 is 27.8 Å². The van der Waals surface area contributed by atoms with Crippen molar-refractivity contribution in [1.29, 1.82) is 0 Å². The summed E-state index contributed by atoms with van der Waals surface area (Å²) in [4.78, 5) is 14.5. The van der Waals surface area contributed by atoms with Crippen LogP contribution in [-0.2, 0) is 44.1 Å². The fourth-order valence-electron chi connectivity index (χ4n) is 5.65. The zero-order valence-electron chi connectivity index (χ0n) is 25.9. The average Bonchev–Trinajstić information content (AvgIpc) is 3.67. The first-order chi connectivity index (χ1) is 19.3. The molecule has 0 unspecified atom stereocenters. The summed E-state index contributed by atoms with van der Waals surface area (Å²) in [6.45, 7) is 13.8. The first kappa shape index (κ1) is 33.2. The Morgan fingerprint density at radius 1 is 1.10 bits per heavy atom. The number of hydrogen-bond acceptors (Lipinski definition) is 8. The molecular weight excluding hydrogens is 577 g/mol. The van der Waals surface area contributed by atoms with Gasteiger partial charge in [0.1, 0.15) is 12.2 Å². The fourth-order valence-corrected chi connectivity index (χ4v) is 9.44. The van der Waals surface area contributed by atoms with E-state index in [2.05, 4.69) is 40.8 Å². The molecule has 0 aromatic heterocycles. The van der Waals surface area contributed by atoms with Crippen LogP contribution in [0.2, 0.25) is 18.1 Å². The van der Waals surface area contributed by atoms with Crippen molar-refractivity contribution in [3.05, 3.63) is 35.9 Å². The number of nitrogens with zero attached hydrogens (tertiary/aromatic N) is 1. The van der Waals surface area contributed by atoms with Crippen LogP contribution in [0.25, 0.3) is 0 Å². The van der Waals surface area contributed by atoms with Crippen molar-refractivity contribution in [2.75, 3.05) is 26.4 Å². The summed E-state index contributed by atoms with van der Waals surface area (Å²) in [6, 6.07) is 9.84. The van der Waals surface area contributed by atoms with Crippen molar-refractivity contribution in [2.45, 2.75) is 121 Å². The molecule has 0 N–H and O–H groups in total. The Labute approximate surface area is 253 Å². The van der Waals surface area contributed by atoms with E-state index in [9.17, 15) is 4.79 Å². The lowest BCUT2D eigenvalue weighted by Gasteiger charge is -2.39. The SMILES string of the molecule is CC[C@H]1OCC[C@H]1O[P@@](=S)(OC[C@H]1OCC[C@H]1O[Si](C)(C)C(C)(C)C)O[C@H](c1ccccc1)[C@@H]1CCCN1C(C)=O. The summed E-state index contributed by atoms with van der Waals surface area (Å²) in [5.74, 6) is 0.0346. The van der Waals surface area contributed by atoms with Crippen molar-refractivity contribution in [3.63, 3.8) is 0 Å². The van der Waals surface area contributed by atoms with Crippen LogP contribution in [-0.4, -0.2) is 75.9 Å². The number of ether oxygens (including phenoxy) is 2. The summed E-state index contributed by atoms with van der Waals surface area (Å²) in [5, 5.41) is 0.0897. The summed E-state index contributed by atoms with van der Waals surface area (Å²) in [7, 11) is -2.01. The molecule has 1 amide bonds. The maximum absolute atomic E-state index is 12.6. The molecule has 0 saturated carbocycles. The van der Waals surface area contributed by atoms with Gasteiger partial charge in [0.2, 0.25) is 5.91 Å². The van der Waals surface area contributed by atoms with E-state index in [1.807, 2.05) is 35.2 Å². The molecule has 8 nitrogen and oxygen atoms in total. The molecule has 0 spiro atoms. The van der Waals surface area contributed by atoms with Crippen LogP contribution in [0.4, 0.5) is 0 Å². The minimum Gasteiger partial charge on any atom is -0.411 e. The Balaban J connectivity index is 1.58. The highest BCUT2D eigenvalue weighted by Crippen LogP contribution is 2.57. The molecule has 1 aromatic carbocycles. The molecule has 0 aliphatic carbocycles. The first-order valence-electron chi connectivity index (χ1n) is 15.2. The lowest BCUT2D eigenvalue weighted by Crippen LogP contribution is -2.46. The van der Waals surface area contributed by atoms with Gasteiger partial charge in [-0.25, -0.2) is 0 Å². The Morgan fingerprint density at radius 2 is 1.76 bits per heavy atom. The van der Waals surface area contributed by atoms with E-state index in [1.54, 1.807) is 6.92 Å². The van der Waals surface area contributed by atoms with E-state index in [0.29, 0.717) is 19.8 Å². The van der Waals surface area contributed by atoms with Crippen LogP contribution in [0.3, 0.4) is 0 Å². The molecule has 7 atom stereocenters. The van der Waals surface area contributed by atoms with Gasteiger partial charge in [-0.1, -0.05) is 58.0 Å². The van der Waals surface area contributed by atoms with Gasteiger partial charge in [-0.2, -0.15) is 0 Å². The predicted octanol–water partition coefficient (Wildman–Crippen LogP) is 6.76. The molecule has 3 heterocycles. The third-order valence-electron chi connectivity index (χ3n) is 9.04. The molecule has 3 aliphatic heterocycles. The first-order valence-corrected chi connectivity index (χ1v) is 20.6. The standard InChI is InChI=1S/C30H50NO7PSSi/c1-8-25-26(16-19-33-25)36-39(40,35-21-28-27(17-20-34-28)38-41(6,7)30(3,4)5)37-29(23-13-10-9-11-14-23)24-15-12-18-31(24)22(2)32/h9-11,13-14,24-29H,8,12,15-21H2,1-7H3/t24-,25+,26+,27+,28+,29+,39-/m0/s1. The number of carbonyl (C=O) groups excluding carboxylic acids is 1. The highest BCUT2D eigenvalue weighted by molar-refractivity contribution is 8.07. The molecular formula is C30H50NO7PSSi. The molecule has 3 fully saturated rings. The van der Waals surface area contributed by atoms with Gasteiger partial charge in [-0.05, 0) is 61.2 Å². The van der Waals surface area contributed by atoms with Gasteiger partial charge in [0, 0.05) is 33.1 Å². The third kappa shape index (κ3) is 8.28. The van der Waals surface area contributed by atoms with Crippen LogP contribution in [0.15, 0.2) is 30.3 Å². The van der Waals surface area contributed by atoms with Crippen LogP contribution in [0.1, 0.15) is 78.4 Å². The maximum Gasteiger partial charge on any atom is 0.328 e. The lowest BCUT2D eigenvalue weighted by atomic mass is 10.0. The second-order valence-corrected chi connectivity index (χ2v) is 20.6. The molecule has 1 aromatic rings. The van der Waals surface area contributed by atoms with Crippen molar-refractivity contribution < 1.29 is 32.3 Å². The minimum absolute atomic E-state index is 0.0346. The summed E-state index contributed by atoms with van der Waals surface area (Å²) in [6.07, 6.45) is 3.06. The van der Waals surface area contributed by atoms with Gasteiger partial charge in [0.25, 0.3) is 0 Å². The topological polar surface area (TPSA) is 75.7 Å². The molecule has 0 radical (unpaired) electrons. The largest absolute Gasteiger partial charge is 0.411 e. The Bertz CT molecular complexity index is 1060. The Hall–Kier alpha value is -0.683. The van der Waals surface area contributed by atoms with E-state index in [1.165, 1.54) is 0 Å². The van der Waals surface area contributed by atoms with E-state index < -0.39 is 21.1 Å². The smallest absolute Gasteiger partial charge is 0.328 e. The molecule has 3 aliphatic rings. The summed E-state index contributed by atoms with van der Waals surface area (Å²) >= 11 is 6.20. The highest BCUT2D eigenvalue weighted by Gasteiger charge is 2.45. The molecule has 0 bridgehead atoms. The lowest BCUT2D eigenvalue weighted by molar-refractivity contribution is -0.131. The second kappa shape index (κ2) is 14.0. The van der Waals surface area contributed by atoms with E-state index >= 15 is 0 Å². The number of likely N-dealkylation sites (tertiary alicyclic amines) is 1. The zero-order valence-corrected chi connectivity index (χ0v) is 28.6. The van der Waals surface area contributed by atoms with Crippen LogP contribution >= 0.6 is 6.72 Å². The molecule has 4 rings (SSSR count). The van der Waals surface area contributed by atoms with Gasteiger partial charge in [-0.15, -0.1) is 0 Å². The van der Waals surface area contributed by atoms with E-state index in [0.717, 1.165) is 37.7 Å². The van der Waals surface area contributed by atoms with Gasteiger partial charge in [-0.3, -0.25) is 9.32 Å². The molecule has 11 heteroatoms. The second-order valence-electron chi connectivity index (χ2n) is 13.0. The van der Waals surface area contributed by atoms with Crippen molar-refractivity contribution in [3.8, 4) is 0 Å². The Kier molecular flexibility index (Phi) is 11.3. The van der Waals surface area contributed by atoms with Crippen LogP contribution < -0.4 is 0 Å². The monoisotopic (exact) mass is 627 g/mol. The van der Waals surface area contributed by atoms with Crippen LogP contribution in [0.5, 0.6) is 0 Å². The van der Waals surface area contributed by atoms with Crippen molar-refractivity contribution in [2.24, 2.45) is 0 Å². The van der Waals surface area contributed by atoms with Crippen molar-refractivity contribution >= 4 is 32.8 Å². The van der Waals surface area contributed by atoms with Gasteiger partial charge in [0.05, 0.1) is 31.0 Å². The number of benzene rings is 1. The summed E-state index contributed by atoms with van der Waals surface area (Å²) in [5.41, 5.74) is 0.957. The molecule has 41 heavy (non-hydrogen) atoms. The van der Waals surface area contributed by atoms with Crippen molar-refractivity contribution in [1.82, 2.24) is 4.90 Å². The van der Waals surface area contributed by atoms with E-state index in [-0.39, 0.29) is 48.0 Å². The third-order valence-corrected chi connectivity index (χ3v) is 15.9. The number of hydrogen-bond donors (Lipinski definition) is 0. The highest BCUT2D eigenvalue weighted by atomic mass is 32.5. The number of carbonyl (C=O) groups is 1. The van der Waals surface area contributed by atoms with Gasteiger partial charge >= 0.3 is 6.72 Å². The van der Waals surface area contributed by atoms with Gasteiger partial charge in [0.15, 0.2) is 8.32 Å². The minimum atomic E-state index is -3.32. The molecule has 232 valence electrons. The molecule has 3 saturated heterocycles. The maximum atomic E-state index is 12.6. The normalized spacial score (nSPS) is 29.5. The zero-order chi connectivity index (χ0) is 29.8. The Morgan fingerprint density at radius 3 is 2.39 bits per heavy atom. The quantitative estimate of drug-likeness (QED) is 0.186.